The molecule has 1 aliphatic rings. The summed E-state index contributed by atoms with van der Waals surface area (Å²) in [5.41, 5.74) is 2.52. The van der Waals surface area contributed by atoms with Gasteiger partial charge in [-0.1, -0.05) is 31.5 Å². The second-order valence-corrected chi connectivity index (χ2v) is 5.62. The molecular weight excluding hydrogens is 246 g/mol. The van der Waals surface area contributed by atoms with Gasteiger partial charge in [-0.2, -0.15) is 5.10 Å². The Kier molecular flexibility index (Phi) is 4.16. The van der Waals surface area contributed by atoms with Crippen molar-refractivity contribution in [3.8, 4) is 5.69 Å². The minimum Gasteiger partial charge on any atom is -0.314 e. The third kappa shape index (κ3) is 2.78. The monoisotopic (exact) mass is 269 g/mol. The van der Waals surface area contributed by atoms with E-state index >= 15 is 0 Å². The maximum atomic E-state index is 4.53. The van der Waals surface area contributed by atoms with Gasteiger partial charge in [-0.25, -0.2) is 4.68 Å². The summed E-state index contributed by atoms with van der Waals surface area (Å²) in [6.07, 6.45) is 7.05. The molecule has 0 amide bonds. The number of aromatic nitrogens is 2. The van der Waals surface area contributed by atoms with Gasteiger partial charge >= 0.3 is 0 Å². The van der Waals surface area contributed by atoms with Crippen LogP contribution in [0.4, 0.5) is 0 Å². The molecule has 1 aromatic heterocycles. The van der Waals surface area contributed by atoms with Gasteiger partial charge in [0.25, 0.3) is 0 Å². The highest BCUT2D eigenvalue weighted by atomic mass is 15.3. The molecule has 20 heavy (non-hydrogen) atoms. The first-order chi connectivity index (χ1) is 9.88. The van der Waals surface area contributed by atoms with E-state index in [-0.39, 0.29) is 0 Å². The lowest BCUT2D eigenvalue weighted by molar-refractivity contribution is 0.337. The molecule has 1 aromatic carbocycles. The summed E-state index contributed by atoms with van der Waals surface area (Å²) in [4.78, 5) is 0. The zero-order valence-electron chi connectivity index (χ0n) is 12.1. The van der Waals surface area contributed by atoms with E-state index in [2.05, 4.69) is 58.4 Å². The minimum atomic E-state index is 0.621. The van der Waals surface area contributed by atoms with Crippen LogP contribution in [0.2, 0.25) is 0 Å². The zero-order chi connectivity index (χ0) is 13.8. The van der Waals surface area contributed by atoms with Crippen molar-refractivity contribution in [3.05, 3.63) is 48.3 Å². The Hall–Kier alpha value is -1.61. The Morgan fingerprint density at radius 3 is 2.85 bits per heavy atom. The molecule has 1 fully saturated rings. The molecule has 1 heterocycles. The number of rotatable bonds is 4. The van der Waals surface area contributed by atoms with Crippen molar-refractivity contribution < 1.29 is 0 Å². The average molecular weight is 269 g/mol. The second kappa shape index (κ2) is 6.23. The fraction of sp³-hybridized carbons (Fsp3) is 0.471. The van der Waals surface area contributed by atoms with Crippen LogP contribution < -0.4 is 5.32 Å². The van der Waals surface area contributed by atoms with Crippen LogP contribution in [0, 0.1) is 0 Å². The molecule has 2 aromatic rings. The van der Waals surface area contributed by atoms with Crippen molar-refractivity contribution in [2.45, 2.75) is 44.6 Å². The molecule has 0 spiro atoms. The SMILES string of the molecule is CCNC1CCCC(c2ccnn2-c2ccccc2)C1. The Morgan fingerprint density at radius 1 is 1.20 bits per heavy atom. The molecule has 1 saturated carbocycles. The van der Waals surface area contributed by atoms with E-state index in [1.165, 1.54) is 31.4 Å². The van der Waals surface area contributed by atoms with Crippen molar-refractivity contribution in [1.29, 1.82) is 0 Å². The number of nitrogens with one attached hydrogen (secondary N) is 1. The first-order valence-corrected chi connectivity index (χ1v) is 7.71. The third-order valence-corrected chi connectivity index (χ3v) is 4.26. The summed E-state index contributed by atoms with van der Waals surface area (Å²) in [6, 6.07) is 13.3. The van der Waals surface area contributed by atoms with Gasteiger partial charge in [0.05, 0.1) is 5.69 Å². The largest absolute Gasteiger partial charge is 0.314 e. The molecule has 3 nitrogen and oxygen atoms in total. The van der Waals surface area contributed by atoms with Crippen LogP contribution >= 0.6 is 0 Å². The van der Waals surface area contributed by atoms with Crippen molar-refractivity contribution in [1.82, 2.24) is 15.1 Å². The van der Waals surface area contributed by atoms with Crippen molar-refractivity contribution in [2.75, 3.05) is 6.54 Å². The molecule has 0 bridgehead atoms. The molecule has 0 saturated heterocycles. The van der Waals surface area contributed by atoms with Gasteiger partial charge in [0, 0.05) is 23.9 Å². The standard InChI is InChI=1S/C17H23N3/c1-2-18-15-8-6-7-14(13-15)17-11-12-19-20(17)16-9-4-3-5-10-16/h3-5,9-12,14-15,18H,2,6-8,13H2,1H3. The molecule has 0 radical (unpaired) electrons. The molecule has 0 aliphatic heterocycles. The number of hydrogen-bond donors (Lipinski definition) is 1. The topological polar surface area (TPSA) is 29.9 Å². The van der Waals surface area contributed by atoms with E-state index in [9.17, 15) is 0 Å². The van der Waals surface area contributed by atoms with E-state index in [0.29, 0.717) is 12.0 Å². The average Bonchev–Trinajstić information content (AvgIpc) is 2.98. The van der Waals surface area contributed by atoms with Crippen molar-refractivity contribution in [3.63, 3.8) is 0 Å². The van der Waals surface area contributed by atoms with Crippen molar-refractivity contribution >= 4 is 0 Å². The van der Waals surface area contributed by atoms with Gasteiger partial charge in [0.1, 0.15) is 0 Å². The summed E-state index contributed by atoms with van der Waals surface area (Å²) in [5.74, 6) is 0.621. The molecule has 1 aliphatic carbocycles. The Labute approximate surface area is 121 Å². The first-order valence-electron chi connectivity index (χ1n) is 7.71. The quantitative estimate of drug-likeness (QED) is 0.920. The summed E-state index contributed by atoms with van der Waals surface area (Å²) < 4.78 is 2.11. The van der Waals surface area contributed by atoms with Gasteiger partial charge in [-0.05, 0) is 44.0 Å². The maximum Gasteiger partial charge on any atom is 0.0648 e. The molecule has 2 unspecified atom stereocenters. The third-order valence-electron chi connectivity index (χ3n) is 4.26. The smallest absolute Gasteiger partial charge is 0.0648 e. The van der Waals surface area contributed by atoms with Gasteiger partial charge in [-0.15, -0.1) is 0 Å². The molecule has 2 atom stereocenters. The van der Waals surface area contributed by atoms with Crippen LogP contribution in [0.1, 0.15) is 44.2 Å². The van der Waals surface area contributed by atoms with Crippen molar-refractivity contribution in [2.24, 2.45) is 0 Å². The van der Waals surface area contributed by atoms with Gasteiger partial charge < -0.3 is 5.32 Å². The van der Waals surface area contributed by atoms with E-state index in [1.807, 2.05) is 6.20 Å². The highest BCUT2D eigenvalue weighted by molar-refractivity contribution is 5.33. The number of hydrogen-bond acceptors (Lipinski definition) is 2. The Bertz CT molecular complexity index is 530. The van der Waals surface area contributed by atoms with Gasteiger partial charge in [-0.3, -0.25) is 0 Å². The van der Waals surface area contributed by atoms with Gasteiger partial charge in [0.2, 0.25) is 0 Å². The van der Waals surface area contributed by atoms with Crippen LogP contribution in [0.3, 0.4) is 0 Å². The highest BCUT2D eigenvalue weighted by Crippen LogP contribution is 2.33. The molecule has 3 heteroatoms. The van der Waals surface area contributed by atoms with E-state index in [1.54, 1.807) is 0 Å². The molecule has 1 N–H and O–H groups in total. The lowest BCUT2D eigenvalue weighted by Gasteiger charge is -2.30. The molecule has 106 valence electrons. The zero-order valence-corrected chi connectivity index (χ0v) is 12.1. The highest BCUT2D eigenvalue weighted by Gasteiger charge is 2.25. The fourth-order valence-corrected chi connectivity index (χ4v) is 3.34. The van der Waals surface area contributed by atoms with Crippen LogP contribution in [-0.2, 0) is 0 Å². The molecular formula is C17H23N3. The number of nitrogens with zero attached hydrogens (tertiary/aromatic N) is 2. The van der Waals surface area contributed by atoms with E-state index in [0.717, 1.165) is 12.2 Å². The Balaban J connectivity index is 1.82. The lowest BCUT2D eigenvalue weighted by Crippen LogP contribution is -2.33. The van der Waals surface area contributed by atoms with Crippen LogP contribution in [-0.4, -0.2) is 22.4 Å². The summed E-state index contributed by atoms with van der Waals surface area (Å²) in [7, 11) is 0. The summed E-state index contributed by atoms with van der Waals surface area (Å²) in [6.45, 7) is 3.26. The van der Waals surface area contributed by atoms with E-state index < -0.39 is 0 Å². The maximum absolute atomic E-state index is 4.53. The van der Waals surface area contributed by atoms with Gasteiger partial charge in [0.15, 0.2) is 0 Å². The predicted octanol–water partition coefficient (Wildman–Crippen LogP) is 3.51. The second-order valence-electron chi connectivity index (χ2n) is 5.62. The number of benzene rings is 1. The van der Waals surface area contributed by atoms with Crippen LogP contribution in [0.25, 0.3) is 5.69 Å². The first kappa shape index (κ1) is 13.4. The van der Waals surface area contributed by atoms with E-state index in [4.69, 9.17) is 0 Å². The lowest BCUT2D eigenvalue weighted by atomic mass is 9.83. The normalized spacial score (nSPS) is 22.9. The summed E-state index contributed by atoms with van der Waals surface area (Å²) >= 11 is 0. The Morgan fingerprint density at radius 2 is 2.05 bits per heavy atom. The number of para-hydroxylation sites is 1. The summed E-state index contributed by atoms with van der Waals surface area (Å²) in [5, 5.41) is 8.13. The molecule has 3 rings (SSSR count). The predicted molar refractivity (Wildman–Crippen MR) is 82.2 cm³/mol. The van der Waals surface area contributed by atoms with Crippen LogP contribution in [0.5, 0.6) is 0 Å². The fourth-order valence-electron chi connectivity index (χ4n) is 3.34. The minimum absolute atomic E-state index is 0.621. The van der Waals surface area contributed by atoms with Crippen LogP contribution in [0.15, 0.2) is 42.6 Å².